The molecule has 144 valence electrons. The van der Waals surface area contributed by atoms with Crippen molar-refractivity contribution in [3.8, 4) is 16.9 Å². The van der Waals surface area contributed by atoms with E-state index in [4.69, 9.17) is 4.74 Å². The second kappa shape index (κ2) is 6.86. The molecule has 1 aliphatic rings. The highest BCUT2D eigenvalue weighted by molar-refractivity contribution is 5.84. The molecular weight excluding hydrogens is 328 g/mol. The molecule has 27 heavy (non-hydrogen) atoms. The summed E-state index contributed by atoms with van der Waals surface area (Å²) < 4.78 is 6.03. The molecule has 0 amide bonds. The molecule has 0 fully saturated rings. The molecule has 0 bridgehead atoms. The summed E-state index contributed by atoms with van der Waals surface area (Å²) in [5, 5.41) is 0. The molecule has 0 unspecified atom stereocenters. The van der Waals surface area contributed by atoms with Gasteiger partial charge in [-0.25, -0.2) is 0 Å². The first-order valence-corrected chi connectivity index (χ1v) is 10.1. The number of allylic oxidation sites excluding steroid dienone is 1. The SMILES string of the molecule is CCC1=Cc2cc(C(C)(C)C)c(OC)c(-c3ccc(C(C)(C)C)cc3)c2C1. The zero-order valence-corrected chi connectivity index (χ0v) is 18.3. The number of ether oxygens (including phenoxy) is 1. The van der Waals surface area contributed by atoms with Gasteiger partial charge in [-0.2, -0.15) is 0 Å². The minimum atomic E-state index is 0.0310. The fourth-order valence-electron chi connectivity index (χ4n) is 3.98. The van der Waals surface area contributed by atoms with Gasteiger partial charge in [-0.05, 0) is 52.0 Å². The van der Waals surface area contributed by atoms with Crippen molar-refractivity contribution in [1.82, 2.24) is 0 Å². The van der Waals surface area contributed by atoms with E-state index in [2.05, 4.69) is 84.9 Å². The van der Waals surface area contributed by atoms with Gasteiger partial charge < -0.3 is 4.74 Å². The van der Waals surface area contributed by atoms with Crippen LogP contribution in [-0.2, 0) is 17.3 Å². The van der Waals surface area contributed by atoms with Crippen molar-refractivity contribution in [3.63, 3.8) is 0 Å². The highest BCUT2D eigenvalue weighted by Gasteiger charge is 2.28. The highest BCUT2D eigenvalue weighted by Crippen LogP contribution is 2.46. The Bertz CT molecular complexity index is 868. The normalized spacial score (nSPS) is 14.1. The van der Waals surface area contributed by atoms with E-state index in [1.807, 2.05) is 7.11 Å². The van der Waals surface area contributed by atoms with E-state index in [0.29, 0.717) is 0 Å². The van der Waals surface area contributed by atoms with Crippen molar-refractivity contribution in [2.45, 2.75) is 72.1 Å². The van der Waals surface area contributed by atoms with E-state index < -0.39 is 0 Å². The number of benzene rings is 2. The van der Waals surface area contributed by atoms with E-state index in [9.17, 15) is 0 Å². The van der Waals surface area contributed by atoms with E-state index in [0.717, 1.165) is 18.6 Å². The molecule has 0 radical (unpaired) electrons. The quantitative estimate of drug-likeness (QED) is 0.556. The van der Waals surface area contributed by atoms with E-state index >= 15 is 0 Å². The van der Waals surface area contributed by atoms with Gasteiger partial charge in [-0.1, -0.05) is 84.4 Å². The number of fused-ring (bicyclic) bond motifs is 1. The van der Waals surface area contributed by atoms with Crippen molar-refractivity contribution >= 4 is 6.08 Å². The fourth-order valence-corrected chi connectivity index (χ4v) is 3.98. The van der Waals surface area contributed by atoms with Gasteiger partial charge in [0.05, 0.1) is 7.11 Å². The maximum atomic E-state index is 6.03. The van der Waals surface area contributed by atoms with E-state index in [-0.39, 0.29) is 10.8 Å². The second-order valence-electron chi connectivity index (χ2n) is 9.81. The topological polar surface area (TPSA) is 9.23 Å². The van der Waals surface area contributed by atoms with Crippen LogP contribution in [0.15, 0.2) is 35.9 Å². The fraction of sp³-hybridized carbons (Fsp3) is 0.462. The number of methoxy groups -OCH3 is 1. The Labute approximate surface area is 165 Å². The van der Waals surface area contributed by atoms with Crippen LogP contribution in [0.2, 0.25) is 0 Å². The minimum absolute atomic E-state index is 0.0310. The summed E-state index contributed by atoms with van der Waals surface area (Å²) in [6.45, 7) is 15.8. The zero-order chi connectivity index (χ0) is 20.0. The summed E-state index contributed by atoms with van der Waals surface area (Å²) in [6.07, 6.45) is 4.52. The van der Waals surface area contributed by atoms with Crippen LogP contribution in [0.1, 0.15) is 77.1 Å². The Morgan fingerprint density at radius 3 is 2.04 bits per heavy atom. The molecular formula is C26H34O. The van der Waals surface area contributed by atoms with Gasteiger partial charge in [0.2, 0.25) is 0 Å². The summed E-state index contributed by atoms with van der Waals surface area (Å²) >= 11 is 0. The van der Waals surface area contributed by atoms with Crippen LogP contribution in [0.25, 0.3) is 17.2 Å². The molecule has 0 spiro atoms. The van der Waals surface area contributed by atoms with Crippen LogP contribution in [0.3, 0.4) is 0 Å². The molecule has 0 saturated heterocycles. The molecule has 3 rings (SSSR count). The van der Waals surface area contributed by atoms with Crippen LogP contribution < -0.4 is 4.74 Å². The molecule has 2 aromatic rings. The standard InChI is InChI=1S/C26H34O/c1-9-17-14-19-16-22(26(5,6)7)24(27-8)23(21(19)15-17)18-10-12-20(13-11-18)25(2,3)4/h10-14,16H,9,15H2,1-8H3. The predicted octanol–water partition coefficient (Wildman–Crippen LogP) is 7.31. The average Bonchev–Trinajstić information content (AvgIpc) is 3.01. The van der Waals surface area contributed by atoms with Gasteiger partial charge in [-0.15, -0.1) is 0 Å². The third-order valence-corrected chi connectivity index (χ3v) is 5.69. The monoisotopic (exact) mass is 362 g/mol. The minimum Gasteiger partial charge on any atom is -0.496 e. The summed E-state index contributed by atoms with van der Waals surface area (Å²) in [7, 11) is 1.81. The number of hydrogen-bond acceptors (Lipinski definition) is 1. The van der Waals surface area contributed by atoms with Gasteiger partial charge in [0.25, 0.3) is 0 Å². The molecule has 1 aliphatic carbocycles. The van der Waals surface area contributed by atoms with E-state index in [1.54, 1.807) is 0 Å². The molecule has 0 heterocycles. The Kier molecular flexibility index (Phi) is 5.01. The first kappa shape index (κ1) is 19.7. The maximum absolute atomic E-state index is 6.03. The summed E-state index contributed by atoms with van der Waals surface area (Å²) in [4.78, 5) is 0. The Morgan fingerprint density at radius 2 is 1.56 bits per heavy atom. The molecule has 0 aliphatic heterocycles. The third kappa shape index (κ3) is 3.70. The summed E-state index contributed by atoms with van der Waals surface area (Å²) in [6, 6.07) is 11.4. The molecule has 0 aromatic heterocycles. The lowest BCUT2D eigenvalue weighted by Crippen LogP contribution is -2.15. The van der Waals surface area contributed by atoms with Gasteiger partial charge in [0.15, 0.2) is 0 Å². The first-order chi connectivity index (χ1) is 12.6. The van der Waals surface area contributed by atoms with Crippen molar-refractivity contribution in [1.29, 1.82) is 0 Å². The van der Waals surface area contributed by atoms with Crippen LogP contribution >= 0.6 is 0 Å². The van der Waals surface area contributed by atoms with Gasteiger partial charge in [-0.3, -0.25) is 0 Å². The first-order valence-electron chi connectivity index (χ1n) is 10.1. The highest BCUT2D eigenvalue weighted by atomic mass is 16.5. The third-order valence-electron chi connectivity index (χ3n) is 5.69. The number of rotatable bonds is 3. The van der Waals surface area contributed by atoms with Gasteiger partial charge in [0.1, 0.15) is 5.75 Å². The number of hydrogen-bond donors (Lipinski definition) is 0. The molecule has 0 atom stereocenters. The molecule has 0 saturated carbocycles. The van der Waals surface area contributed by atoms with Gasteiger partial charge >= 0.3 is 0 Å². The van der Waals surface area contributed by atoms with Crippen LogP contribution in [-0.4, -0.2) is 7.11 Å². The van der Waals surface area contributed by atoms with Gasteiger partial charge in [0, 0.05) is 11.1 Å². The lowest BCUT2D eigenvalue weighted by molar-refractivity contribution is 0.399. The van der Waals surface area contributed by atoms with Crippen molar-refractivity contribution in [3.05, 3.63) is 58.2 Å². The maximum Gasteiger partial charge on any atom is 0.130 e. The smallest absolute Gasteiger partial charge is 0.130 e. The Hall–Kier alpha value is -2.02. The molecule has 1 heteroatoms. The zero-order valence-electron chi connectivity index (χ0n) is 18.3. The molecule has 1 nitrogen and oxygen atoms in total. The molecule has 0 N–H and O–H groups in total. The summed E-state index contributed by atoms with van der Waals surface area (Å²) in [5.74, 6) is 1.04. The molecule has 2 aromatic carbocycles. The van der Waals surface area contributed by atoms with Crippen molar-refractivity contribution in [2.75, 3.05) is 7.11 Å². The Balaban J connectivity index is 2.25. The lowest BCUT2D eigenvalue weighted by atomic mass is 9.80. The summed E-state index contributed by atoms with van der Waals surface area (Å²) in [5.41, 5.74) is 9.66. The van der Waals surface area contributed by atoms with Crippen molar-refractivity contribution < 1.29 is 4.74 Å². The van der Waals surface area contributed by atoms with Crippen LogP contribution in [0, 0.1) is 0 Å². The van der Waals surface area contributed by atoms with Crippen LogP contribution in [0.5, 0.6) is 5.75 Å². The Morgan fingerprint density at radius 1 is 0.926 bits per heavy atom. The van der Waals surface area contributed by atoms with E-state index in [1.165, 1.54) is 39.0 Å². The second-order valence-corrected chi connectivity index (χ2v) is 9.81. The average molecular weight is 363 g/mol. The predicted molar refractivity (Wildman–Crippen MR) is 118 cm³/mol. The van der Waals surface area contributed by atoms with Crippen LogP contribution in [0.4, 0.5) is 0 Å². The largest absolute Gasteiger partial charge is 0.496 e. The lowest BCUT2D eigenvalue weighted by Gasteiger charge is -2.27. The van der Waals surface area contributed by atoms with Crippen molar-refractivity contribution in [2.24, 2.45) is 0 Å².